The van der Waals surface area contributed by atoms with Crippen LogP contribution >= 0.6 is 0 Å². The number of methoxy groups -OCH3 is 1. The summed E-state index contributed by atoms with van der Waals surface area (Å²) in [6.07, 6.45) is 0. The standard InChI is InChI=1S/C7H10N2O4S.Na.H2O.H/c1-13-7-4-2-6(3-5-7)8-9-14(10,11)12;;;/h2-5,8-9H,1H3,(H,10,11,12);;1H2;/q;+1;;-1. The molecule has 88 valence electrons. The maximum absolute atomic E-state index is 10.3. The third-order valence-corrected chi connectivity index (χ3v) is 1.77. The number of hydrogen-bond donors (Lipinski definition) is 3. The van der Waals surface area contributed by atoms with Crippen LogP contribution in [0, 0.1) is 0 Å². The van der Waals surface area contributed by atoms with Crippen LogP contribution in [-0.4, -0.2) is 25.6 Å². The van der Waals surface area contributed by atoms with Crippen LogP contribution in [0.2, 0.25) is 0 Å². The summed E-state index contributed by atoms with van der Waals surface area (Å²) in [6.45, 7) is 0. The molecule has 0 radical (unpaired) electrons. The number of ether oxygens (including phenoxy) is 1. The first-order valence-electron chi connectivity index (χ1n) is 3.65. The molecule has 7 nitrogen and oxygen atoms in total. The van der Waals surface area contributed by atoms with E-state index >= 15 is 0 Å². The first-order valence-corrected chi connectivity index (χ1v) is 5.09. The van der Waals surface area contributed by atoms with E-state index in [0.717, 1.165) is 0 Å². The van der Waals surface area contributed by atoms with Crippen molar-refractivity contribution in [1.29, 1.82) is 0 Å². The van der Waals surface area contributed by atoms with Crippen LogP contribution in [0.15, 0.2) is 24.3 Å². The molecule has 0 bridgehead atoms. The molecule has 9 heteroatoms. The Bertz CT molecular complexity index is 399. The zero-order chi connectivity index (χ0) is 10.6. The molecule has 0 unspecified atom stereocenters. The molecule has 5 N–H and O–H groups in total. The summed E-state index contributed by atoms with van der Waals surface area (Å²) in [5.74, 6) is 0.655. The zero-order valence-electron chi connectivity index (χ0n) is 9.89. The van der Waals surface area contributed by atoms with E-state index in [4.69, 9.17) is 9.29 Å². The number of hydrogen-bond acceptors (Lipinski definition) is 4. The summed E-state index contributed by atoms with van der Waals surface area (Å²) < 4.78 is 33.8. The summed E-state index contributed by atoms with van der Waals surface area (Å²) in [7, 11) is -2.70. The summed E-state index contributed by atoms with van der Waals surface area (Å²) >= 11 is 0. The molecule has 16 heavy (non-hydrogen) atoms. The van der Waals surface area contributed by atoms with E-state index in [-0.39, 0.29) is 36.5 Å². The van der Waals surface area contributed by atoms with Gasteiger partial charge in [-0.1, -0.05) is 0 Å². The largest absolute Gasteiger partial charge is 1.00 e. The molecule has 0 saturated carbocycles. The zero-order valence-corrected chi connectivity index (χ0v) is 11.7. The van der Waals surface area contributed by atoms with Gasteiger partial charge < -0.3 is 17.1 Å². The Morgan fingerprint density at radius 3 is 2.19 bits per heavy atom. The fourth-order valence-electron chi connectivity index (χ4n) is 0.798. The topological polar surface area (TPSA) is 119 Å². The van der Waals surface area contributed by atoms with Crippen LogP contribution in [0.3, 0.4) is 0 Å². The van der Waals surface area contributed by atoms with Gasteiger partial charge in [0.1, 0.15) is 5.75 Å². The third kappa shape index (κ3) is 7.01. The van der Waals surface area contributed by atoms with Gasteiger partial charge in [0.05, 0.1) is 12.8 Å². The second-order valence-electron chi connectivity index (χ2n) is 2.43. The normalized spacial score (nSPS) is 9.62. The van der Waals surface area contributed by atoms with Crippen molar-refractivity contribution in [3.8, 4) is 5.75 Å². The fraction of sp³-hybridized carbons (Fsp3) is 0.143. The van der Waals surface area contributed by atoms with Gasteiger partial charge in [-0.2, -0.15) is 8.42 Å². The van der Waals surface area contributed by atoms with E-state index in [9.17, 15) is 8.42 Å². The smallest absolute Gasteiger partial charge is 1.00 e. The van der Waals surface area contributed by atoms with Gasteiger partial charge >= 0.3 is 39.9 Å². The maximum Gasteiger partial charge on any atom is 1.00 e. The van der Waals surface area contributed by atoms with Gasteiger partial charge in [0.2, 0.25) is 0 Å². The van der Waals surface area contributed by atoms with Crippen molar-refractivity contribution >= 4 is 16.0 Å². The van der Waals surface area contributed by atoms with Crippen molar-refractivity contribution in [1.82, 2.24) is 4.83 Å². The van der Waals surface area contributed by atoms with Crippen LogP contribution in [-0.2, 0) is 10.3 Å². The molecule has 0 spiro atoms. The Balaban J connectivity index is -0.000000653. The van der Waals surface area contributed by atoms with Crippen molar-refractivity contribution in [3.05, 3.63) is 24.3 Å². The van der Waals surface area contributed by atoms with Gasteiger partial charge in [-0.15, -0.1) is 4.83 Å². The van der Waals surface area contributed by atoms with Gasteiger partial charge in [-0.05, 0) is 24.3 Å². The number of anilines is 1. The quantitative estimate of drug-likeness (QED) is 0.298. The average molecular weight is 260 g/mol. The fourth-order valence-corrected chi connectivity index (χ4v) is 1.04. The number of nitrogens with one attached hydrogen (secondary N) is 2. The van der Waals surface area contributed by atoms with Gasteiger partial charge in [0, 0.05) is 0 Å². The van der Waals surface area contributed by atoms with Crippen molar-refractivity contribution in [2.24, 2.45) is 0 Å². The third-order valence-electron chi connectivity index (χ3n) is 1.41. The van der Waals surface area contributed by atoms with Crippen LogP contribution in [0.1, 0.15) is 1.43 Å². The van der Waals surface area contributed by atoms with E-state index in [1.807, 2.05) is 0 Å². The molecule has 0 atom stereocenters. The number of rotatable bonds is 4. The molecule has 0 aliphatic rings. The Morgan fingerprint density at radius 1 is 1.31 bits per heavy atom. The minimum atomic E-state index is -4.23. The minimum Gasteiger partial charge on any atom is -1.00 e. The van der Waals surface area contributed by atoms with Crippen molar-refractivity contribution in [3.63, 3.8) is 0 Å². The maximum atomic E-state index is 10.3. The Labute approximate surface area is 117 Å². The SMILES string of the molecule is COc1ccc(NNS(=O)(=O)O)cc1.O.[H-].[Na+]. The predicted octanol–water partition coefficient (Wildman–Crippen LogP) is -3.29. The predicted molar refractivity (Wildman–Crippen MR) is 56.0 cm³/mol. The minimum absolute atomic E-state index is 0. The molecule has 0 amide bonds. The molecular formula is C7H13N2NaO5S. The molecule has 0 heterocycles. The van der Waals surface area contributed by atoms with Crippen molar-refractivity contribution in [2.45, 2.75) is 0 Å². The molecule has 0 saturated heterocycles. The van der Waals surface area contributed by atoms with Crippen LogP contribution < -0.4 is 44.6 Å². The Hall–Kier alpha value is -0.350. The van der Waals surface area contributed by atoms with Crippen molar-refractivity contribution in [2.75, 3.05) is 12.5 Å². The molecule has 0 aromatic heterocycles. The second-order valence-corrected chi connectivity index (χ2v) is 3.58. The summed E-state index contributed by atoms with van der Waals surface area (Å²) in [5, 5.41) is 0. The van der Waals surface area contributed by atoms with E-state index in [2.05, 4.69) is 5.43 Å². The Morgan fingerprint density at radius 2 is 1.81 bits per heavy atom. The monoisotopic (exact) mass is 260 g/mol. The van der Waals surface area contributed by atoms with E-state index in [1.165, 1.54) is 7.11 Å². The first-order chi connectivity index (χ1) is 6.51. The van der Waals surface area contributed by atoms with Gasteiger partial charge in [-0.3, -0.25) is 4.55 Å². The Kier molecular flexibility index (Phi) is 8.84. The van der Waals surface area contributed by atoms with Crippen LogP contribution in [0.25, 0.3) is 0 Å². The molecule has 0 fully saturated rings. The first kappa shape index (κ1) is 18.0. The van der Waals surface area contributed by atoms with Crippen LogP contribution in [0.4, 0.5) is 5.69 Å². The molecule has 0 aliphatic heterocycles. The van der Waals surface area contributed by atoms with Crippen LogP contribution in [0.5, 0.6) is 5.75 Å². The molecule has 1 aromatic carbocycles. The molecular weight excluding hydrogens is 247 g/mol. The summed E-state index contributed by atoms with van der Waals surface area (Å²) in [5.41, 5.74) is 2.78. The van der Waals surface area contributed by atoms with Crippen molar-refractivity contribution < 1.29 is 54.2 Å². The van der Waals surface area contributed by atoms with Gasteiger partial charge in [0.25, 0.3) is 0 Å². The molecule has 1 rings (SSSR count). The number of hydrazine groups is 1. The molecule has 0 aliphatic carbocycles. The average Bonchev–Trinajstić information content (AvgIpc) is 2.14. The van der Waals surface area contributed by atoms with Gasteiger partial charge in [-0.25, -0.2) is 0 Å². The van der Waals surface area contributed by atoms with E-state index in [0.29, 0.717) is 11.4 Å². The summed E-state index contributed by atoms with van der Waals surface area (Å²) in [4.78, 5) is 1.71. The number of benzene rings is 1. The molecule has 1 aromatic rings. The van der Waals surface area contributed by atoms with Gasteiger partial charge in [0.15, 0.2) is 0 Å². The van der Waals surface area contributed by atoms with E-state index in [1.54, 1.807) is 29.1 Å². The summed E-state index contributed by atoms with van der Waals surface area (Å²) in [6, 6.07) is 6.48. The van der Waals surface area contributed by atoms with E-state index < -0.39 is 10.3 Å². The second kappa shape index (κ2) is 7.85.